The first kappa shape index (κ1) is 14.2. The van der Waals surface area contributed by atoms with Crippen LogP contribution in [-0.2, 0) is 16.4 Å². The van der Waals surface area contributed by atoms with E-state index in [1.54, 1.807) is 25.1 Å². The van der Waals surface area contributed by atoms with Crippen LogP contribution in [0.4, 0.5) is 0 Å². The van der Waals surface area contributed by atoms with Crippen LogP contribution in [0.5, 0.6) is 0 Å². The molecule has 0 radical (unpaired) electrons. The Bertz CT molecular complexity index is 457. The minimum atomic E-state index is -3.46. The van der Waals surface area contributed by atoms with Crippen molar-refractivity contribution in [2.24, 2.45) is 5.92 Å². The van der Waals surface area contributed by atoms with Gasteiger partial charge in [-0.05, 0) is 30.0 Å². The molecule has 96 valence electrons. The Hall–Kier alpha value is -0.910. The summed E-state index contributed by atoms with van der Waals surface area (Å²) in [4.78, 5) is 0.280. The van der Waals surface area contributed by atoms with E-state index in [1.807, 2.05) is 13.0 Å². The van der Waals surface area contributed by atoms with Gasteiger partial charge in [0.25, 0.3) is 0 Å². The van der Waals surface area contributed by atoms with Gasteiger partial charge < -0.3 is 5.11 Å². The molecule has 2 N–H and O–H groups in total. The van der Waals surface area contributed by atoms with Crippen LogP contribution in [0.3, 0.4) is 0 Å². The van der Waals surface area contributed by atoms with Crippen molar-refractivity contribution in [2.75, 3.05) is 13.2 Å². The monoisotopic (exact) mass is 257 g/mol. The highest BCUT2D eigenvalue weighted by atomic mass is 32.2. The van der Waals surface area contributed by atoms with Crippen LogP contribution in [0, 0.1) is 5.92 Å². The van der Waals surface area contributed by atoms with Gasteiger partial charge in [-0.15, -0.1) is 0 Å². The fraction of sp³-hybridized carbons (Fsp3) is 0.500. The lowest BCUT2D eigenvalue weighted by atomic mass is 10.2. The number of aliphatic hydroxyl groups is 1. The van der Waals surface area contributed by atoms with Crippen molar-refractivity contribution in [3.05, 3.63) is 29.8 Å². The average Bonchev–Trinajstić information content (AvgIpc) is 2.36. The predicted octanol–water partition coefficient (Wildman–Crippen LogP) is 1.16. The lowest BCUT2D eigenvalue weighted by molar-refractivity contribution is 0.238. The maximum absolute atomic E-state index is 11.9. The Morgan fingerprint density at radius 3 is 2.71 bits per heavy atom. The van der Waals surface area contributed by atoms with Gasteiger partial charge in [0.1, 0.15) is 0 Å². The minimum absolute atomic E-state index is 0.0302. The fourth-order valence-corrected chi connectivity index (χ4v) is 2.57. The van der Waals surface area contributed by atoms with Crippen molar-refractivity contribution in [3.8, 4) is 0 Å². The summed E-state index contributed by atoms with van der Waals surface area (Å²) in [6.07, 6.45) is 0.802. The van der Waals surface area contributed by atoms with E-state index in [1.165, 1.54) is 0 Å². The molecule has 0 aromatic heterocycles. The molecule has 5 heteroatoms. The number of benzene rings is 1. The molecule has 0 aliphatic heterocycles. The zero-order chi connectivity index (χ0) is 12.9. The summed E-state index contributed by atoms with van der Waals surface area (Å²) < 4.78 is 26.3. The summed E-state index contributed by atoms with van der Waals surface area (Å²) in [5.41, 5.74) is 0.989. The molecule has 0 aliphatic carbocycles. The van der Waals surface area contributed by atoms with Gasteiger partial charge in [0.2, 0.25) is 10.0 Å². The molecular weight excluding hydrogens is 238 g/mol. The van der Waals surface area contributed by atoms with Gasteiger partial charge in [-0.25, -0.2) is 13.1 Å². The summed E-state index contributed by atoms with van der Waals surface area (Å²) in [5, 5.41) is 8.85. The lowest BCUT2D eigenvalue weighted by Gasteiger charge is -2.11. The minimum Gasteiger partial charge on any atom is -0.396 e. The standard InChI is InChI=1S/C12H19NO3S/c1-3-11-5-4-6-12(7-11)17(15,16)13-8-10(2)9-14/h4-7,10,13-14H,3,8-9H2,1-2H3. The van der Waals surface area contributed by atoms with Gasteiger partial charge in [-0.3, -0.25) is 0 Å². The first-order valence-corrected chi connectivity index (χ1v) is 7.17. The third kappa shape index (κ3) is 4.11. The Labute approximate surface area is 103 Å². The molecule has 0 amide bonds. The average molecular weight is 257 g/mol. The first-order valence-electron chi connectivity index (χ1n) is 5.69. The highest BCUT2D eigenvalue weighted by Gasteiger charge is 2.14. The van der Waals surface area contributed by atoms with E-state index in [2.05, 4.69) is 4.72 Å². The molecule has 17 heavy (non-hydrogen) atoms. The number of hydrogen-bond donors (Lipinski definition) is 2. The highest BCUT2D eigenvalue weighted by Crippen LogP contribution is 2.12. The maximum atomic E-state index is 11.9. The van der Waals surface area contributed by atoms with Crippen molar-refractivity contribution in [1.82, 2.24) is 4.72 Å². The molecule has 4 nitrogen and oxygen atoms in total. The van der Waals surface area contributed by atoms with Gasteiger partial charge >= 0.3 is 0 Å². The number of hydrogen-bond acceptors (Lipinski definition) is 3. The highest BCUT2D eigenvalue weighted by molar-refractivity contribution is 7.89. The summed E-state index contributed by atoms with van der Waals surface area (Å²) in [6.45, 7) is 3.98. The number of sulfonamides is 1. The Kier molecular flexibility index (Phi) is 5.11. The second-order valence-corrected chi connectivity index (χ2v) is 5.91. The van der Waals surface area contributed by atoms with Gasteiger partial charge in [0, 0.05) is 13.2 Å². The molecule has 1 atom stereocenters. The fourth-order valence-electron chi connectivity index (χ4n) is 1.33. The topological polar surface area (TPSA) is 66.4 Å². The third-order valence-corrected chi connectivity index (χ3v) is 3.97. The molecule has 0 heterocycles. The summed E-state index contributed by atoms with van der Waals surface area (Å²) in [6, 6.07) is 6.88. The molecule has 0 saturated carbocycles. The molecular formula is C12H19NO3S. The number of aryl methyl sites for hydroxylation is 1. The summed E-state index contributed by atoms with van der Waals surface area (Å²) in [7, 11) is -3.46. The van der Waals surface area contributed by atoms with Crippen LogP contribution in [-0.4, -0.2) is 26.7 Å². The van der Waals surface area contributed by atoms with Crippen LogP contribution in [0.25, 0.3) is 0 Å². The molecule has 0 spiro atoms. The number of rotatable bonds is 6. The van der Waals surface area contributed by atoms with Crippen LogP contribution in [0.15, 0.2) is 29.2 Å². The van der Waals surface area contributed by atoms with E-state index in [0.717, 1.165) is 12.0 Å². The normalized spacial score (nSPS) is 13.6. The Morgan fingerprint density at radius 2 is 2.12 bits per heavy atom. The van der Waals surface area contributed by atoms with Gasteiger partial charge in [0.15, 0.2) is 0 Å². The van der Waals surface area contributed by atoms with Gasteiger partial charge in [0.05, 0.1) is 4.90 Å². The largest absolute Gasteiger partial charge is 0.396 e. The van der Waals surface area contributed by atoms with E-state index in [9.17, 15) is 8.42 Å². The van der Waals surface area contributed by atoms with E-state index in [4.69, 9.17) is 5.11 Å². The maximum Gasteiger partial charge on any atom is 0.240 e. The van der Waals surface area contributed by atoms with Crippen molar-refractivity contribution < 1.29 is 13.5 Å². The zero-order valence-electron chi connectivity index (χ0n) is 10.2. The molecule has 0 bridgehead atoms. The van der Waals surface area contributed by atoms with Crippen LogP contribution >= 0.6 is 0 Å². The number of nitrogens with one attached hydrogen (secondary N) is 1. The van der Waals surface area contributed by atoms with Gasteiger partial charge in [-0.2, -0.15) is 0 Å². The molecule has 1 rings (SSSR count). The zero-order valence-corrected chi connectivity index (χ0v) is 11.0. The van der Waals surface area contributed by atoms with E-state index in [-0.39, 0.29) is 24.0 Å². The Morgan fingerprint density at radius 1 is 1.41 bits per heavy atom. The van der Waals surface area contributed by atoms with Crippen LogP contribution in [0.1, 0.15) is 19.4 Å². The second-order valence-electron chi connectivity index (χ2n) is 4.14. The van der Waals surface area contributed by atoms with E-state index in [0.29, 0.717) is 0 Å². The number of aliphatic hydroxyl groups excluding tert-OH is 1. The first-order chi connectivity index (χ1) is 7.99. The molecule has 1 aromatic rings. The smallest absolute Gasteiger partial charge is 0.240 e. The quantitative estimate of drug-likeness (QED) is 0.803. The van der Waals surface area contributed by atoms with E-state index >= 15 is 0 Å². The van der Waals surface area contributed by atoms with Crippen molar-refractivity contribution in [2.45, 2.75) is 25.2 Å². The third-order valence-electron chi connectivity index (χ3n) is 2.55. The molecule has 1 aromatic carbocycles. The van der Waals surface area contributed by atoms with Crippen molar-refractivity contribution in [3.63, 3.8) is 0 Å². The van der Waals surface area contributed by atoms with Crippen molar-refractivity contribution >= 4 is 10.0 Å². The summed E-state index contributed by atoms with van der Waals surface area (Å²) in [5.74, 6) is -0.0841. The molecule has 0 fully saturated rings. The lowest BCUT2D eigenvalue weighted by Crippen LogP contribution is -2.29. The van der Waals surface area contributed by atoms with Crippen LogP contribution in [0.2, 0.25) is 0 Å². The Balaban J connectivity index is 2.82. The molecule has 0 saturated heterocycles. The predicted molar refractivity (Wildman–Crippen MR) is 67.3 cm³/mol. The van der Waals surface area contributed by atoms with Crippen molar-refractivity contribution in [1.29, 1.82) is 0 Å². The van der Waals surface area contributed by atoms with Gasteiger partial charge in [-0.1, -0.05) is 26.0 Å². The van der Waals surface area contributed by atoms with E-state index < -0.39 is 10.0 Å². The summed E-state index contributed by atoms with van der Waals surface area (Å²) >= 11 is 0. The second kappa shape index (κ2) is 6.14. The van der Waals surface area contributed by atoms with Crippen LogP contribution < -0.4 is 4.72 Å². The molecule has 0 aliphatic rings. The molecule has 1 unspecified atom stereocenters. The SMILES string of the molecule is CCc1cccc(S(=O)(=O)NCC(C)CO)c1.